The summed E-state index contributed by atoms with van der Waals surface area (Å²) >= 11 is 0. The molecule has 0 aromatic heterocycles. The highest BCUT2D eigenvalue weighted by Gasteiger charge is 2.14. The number of likely N-dealkylation sites (N-methyl/N-ethyl adjacent to an activating group) is 1. The van der Waals surface area contributed by atoms with Crippen LogP contribution in [-0.4, -0.2) is 45.2 Å². The predicted molar refractivity (Wildman–Crippen MR) is 101 cm³/mol. The van der Waals surface area contributed by atoms with Crippen LogP contribution in [0, 0.1) is 0 Å². The molecule has 0 spiro atoms. The third-order valence-electron chi connectivity index (χ3n) is 4.14. The Morgan fingerprint density at radius 1 is 1.04 bits per heavy atom. The van der Waals surface area contributed by atoms with Crippen molar-refractivity contribution in [3.05, 3.63) is 65.7 Å². The van der Waals surface area contributed by atoms with Crippen molar-refractivity contribution in [3.8, 4) is 5.75 Å². The molecule has 134 valence electrons. The van der Waals surface area contributed by atoms with E-state index in [1.54, 1.807) is 7.11 Å². The number of nitrogens with one attached hydrogen (secondary N) is 2. The van der Waals surface area contributed by atoms with E-state index in [4.69, 9.17) is 4.74 Å². The Bertz CT molecular complexity index is 659. The Morgan fingerprint density at radius 3 is 2.40 bits per heavy atom. The van der Waals surface area contributed by atoms with Gasteiger partial charge >= 0.3 is 6.03 Å². The number of urea groups is 1. The van der Waals surface area contributed by atoms with E-state index in [1.807, 2.05) is 56.6 Å². The summed E-state index contributed by atoms with van der Waals surface area (Å²) in [6.07, 6.45) is 0.729. The van der Waals surface area contributed by atoms with Gasteiger partial charge in [0.05, 0.1) is 13.2 Å². The van der Waals surface area contributed by atoms with Crippen LogP contribution in [0.4, 0.5) is 4.79 Å². The Labute approximate surface area is 150 Å². The molecule has 1 unspecified atom stereocenters. The highest BCUT2D eigenvalue weighted by atomic mass is 16.5. The van der Waals surface area contributed by atoms with Crippen LogP contribution in [0.15, 0.2) is 54.6 Å². The van der Waals surface area contributed by atoms with Gasteiger partial charge in [-0.15, -0.1) is 0 Å². The largest absolute Gasteiger partial charge is 0.496 e. The summed E-state index contributed by atoms with van der Waals surface area (Å²) < 4.78 is 5.32. The molecule has 0 aliphatic heterocycles. The van der Waals surface area contributed by atoms with Gasteiger partial charge in [0.15, 0.2) is 0 Å². The van der Waals surface area contributed by atoms with Crippen LogP contribution in [0.1, 0.15) is 17.2 Å². The number of ether oxygens (including phenoxy) is 1. The molecule has 0 fully saturated rings. The zero-order chi connectivity index (χ0) is 18.1. The number of nitrogens with zero attached hydrogens (tertiary/aromatic N) is 1. The second-order valence-corrected chi connectivity index (χ2v) is 6.09. The molecule has 2 N–H and O–H groups in total. The number of methoxy groups -OCH3 is 1. The molecule has 0 bridgehead atoms. The van der Waals surface area contributed by atoms with Crippen LogP contribution in [0.5, 0.6) is 5.75 Å². The highest BCUT2D eigenvalue weighted by molar-refractivity contribution is 5.73. The minimum atomic E-state index is -0.155. The summed E-state index contributed by atoms with van der Waals surface area (Å²) in [7, 11) is 5.68. The standard InChI is InChI=1S/C20H27N3O2/c1-23(2)18(16-9-5-4-6-10-16)15-22-20(24)21-14-13-17-11-7-8-12-19(17)25-3/h4-12,18H,13-15H2,1-3H3,(H2,21,22,24). The number of hydrogen-bond acceptors (Lipinski definition) is 3. The van der Waals surface area contributed by atoms with E-state index in [9.17, 15) is 4.79 Å². The maximum atomic E-state index is 12.1. The molecule has 0 saturated carbocycles. The van der Waals surface area contributed by atoms with E-state index in [1.165, 1.54) is 5.56 Å². The lowest BCUT2D eigenvalue weighted by Crippen LogP contribution is -2.41. The lowest BCUT2D eigenvalue weighted by molar-refractivity contribution is 0.233. The molecule has 2 amide bonds. The first-order valence-electron chi connectivity index (χ1n) is 8.46. The van der Waals surface area contributed by atoms with Gasteiger partial charge in [-0.05, 0) is 37.7 Å². The summed E-state index contributed by atoms with van der Waals surface area (Å²) in [5, 5.41) is 5.86. The Kier molecular flexibility index (Phi) is 7.29. The van der Waals surface area contributed by atoms with Gasteiger partial charge < -0.3 is 20.3 Å². The molecule has 0 aliphatic carbocycles. The monoisotopic (exact) mass is 341 g/mol. The van der Waals surface area contributed by atoms with Crippen molar-refractivity contribution < 1.29 is 9.53 Å². The summed E-state index contributed by atoms with van der Waals surface area (Å²) in [4.78, 5) is 14.2. The van der Waals surface area contributed by atoms with Crippen molar-refractivity contribution in [1.29, 1.82) is 0 Å². The molecule has 0 heterocycles. The lowest BCUT2D eigenvalue weighted by atomic mass is 10.1. The zero-order valence-electron chi connectivity index (χ0n) is 15.2. The average molecular weight is 341 g/mol. The number of rotatable bonds is 8. The molecule has 1 atom stereocenters. The third-order valence-corrected chi connectivity index (χ3v) is 4.14. The Balaban J connectivity index is 1.79. The molecule has 0 radical (unpaired) electrons. The first-order valence-corrected chi connectivity index (χ1v) is 8.46. The van der Waals surface area contributed by atoms with Crippen LogP contribution in [0.2, 0.25) is 0 Å². The van der Waals surface area contributed by atoms with Crippen LogP contribution in [0.3, 0.4) is 0 Å². The van der Waals surface area contributed by atoms with Crippen LogP contribution in [0.25, 0.3) is 0 Å². The van der Waals surface area contributed by atoms with E-state index in [0.29, 0.717) is 13.1 Å². The normalized spacial score (nSPS) is 11.8. The SMILES string of the molecule is COc1ccccc1CCNC(=O)NCC(c1ccccc1)N(C)C. The van der Waals surface area contributed by atoms with E-state index in [0.717, 1.165) is 17.7 Å². The third kappa shape index (κ3) is 5.80. The Morgan fingerprint density at radius 2 is 1.72 bits per heavy atom. The second kappa shape index (κ2) is 9.69. The van der Waals surface area contributed by atoms with E-state index in [-0.39, 0.29) is 12.1 Å². The number of benzene rings is 2. The van der Waals surface area contributed by atoms with Crippen LogP contribution in [-0.2, 0) is 6.42 Å². The Hall–Kier alpha value is -2.53. The molecule has 0 aliphatic rings. The van der Waals surface area contributed by atoms with Gasteiger partial charge in [-0.2, -0.15) is 0 Å². The van der Waals surface area contributed by atoms with Crippen LogP contribution >= 0.6 is 0 Å². The smallest absolute Gasteiger partial charge is 0.314 e. The number of carbonyl (C=O) groups is 1. The van der Waals surface area contributed by atoms with Crippen molar-refractivity contribution in [2.75, 3.05) is 34.3 Å². The summed E-state index contributed by atoms with van der Waals surface area (Å²) in [6.45, 7) is 1.11. The topological polar surface area (TPSA) is 53.6 Å². The number of hydrogen-bond donors (Lipinski definition) is 2. The molecule has 2 rings (SSSR count). The summed E-state index contributed by atoms with van der Waals surface area (Å²) in [5.41, 5.74) is 2.27. The van der Waals surface area contributed by atoms with E-state index in [2.05, 4.69) is 27.7 Å². The molecule has 5 heteroatoms. The van der Waals surface area contributed by atoms with Crippen molar-refractivity contribution in [2.24, 2.45) is 0 Å². The fourth-order valence-electron chi connectivity index (χ4n) is 2.75. The number of para-hydroxylation sites is 1. The number of carbonyl (C=O) groups excluding carboxylic acids is 1. The van der Waals surface area contributed by atoms with E-state index >= 15 is 0 Å². The molecule has 2 aromatic carbocycles. The van der Waals surface area contributed by atoms with Gasteiger partial charge in [0.25, 0.3) is 0 Å². The van der Waals surface area contributed by atoms with Crippen molar-refractivity contribution in [3.63, 3.8) is 0 Å². The van der Waals surface area contributed by atoms with Crippen molar-refractivity contribution in [2.45, 2.75) is 12.5 Å². The van der Waals surface area contributed by atoms with Gasteiger partial charge in [0.2, 0.25) is 0 Å². The number of amides is 2. The summed E-state index contributed by atoms with van der Waals surface area (Å²) in [6, 6.07) is 18.0. The fraction of sp³-hybridized carbons (Fsp3) is 0.350. The van der Waals surface area contributed by atoms with Crippen molar-refractivity contribution in [1.82, 2.24) is 15.5 Å². The molecule has 0 saturated heterocycles. The summed E-state index contributed by atoms with van der Waals surface area (Å²) in [5.74, 6) is 0.849. The maximum absolute atomic E-state index is 12.1. The fourth-order valence-corrected chi connectivity index (χ4v) is 2.75. The molecular formula is C20H27N3O2. The average Bonchev–Trinajstić information content (AvgIpc) is 2.63. The first kappa shape index (κ1) is 18.8. The first-order chi connectivity index (χ1) is 12.1. The minimum absolute atomic E-state index is 0.140. The van der Waals surface area contributed by atoms with Gasteiger partial charge in [-0.1, -0.05) is 48.5 Å². The molecular weight excluding hydrogens is 314 g/mol. The lowest BCUT2D eigenvalue weighted by Gasteiger charge is -2.25. The zero-order valence-corrected chi connectivity index (χ0v) is 15.2. The van der Waals surface area contributed by atoms with Gasteiger partial charge in [-0.25, -0.2) is 4.79 Å². The van der Waals surface area contributed by atoms with Gasteiger partial charge in [0.1, 0.15) is 5.75 Å². The minimum Gasteiger partial charge on any atom is -0.496 e. The molecule has 2 aromatic rings. The quantitative estimate of drug-likeness (QED) is 0.776. The van der Waals surface area contributed by atoms with Gasteiger partial charge in [0, 0.05) is 13.1 Å². The van der Waals surface area contributed by atoms with Crippen LogP contribution < -0.4 is 15.4 Å². The highest BCUT2D eigenvalue weighted by Crippen LogP contribution is 2.17. The molecule has 25 heavy (non-hydrogen) atoms. The van der Waals surface area contributed by atoms with Gasteiger partial charge in [-0.3, -0.25) is 0 Å². The van der Waals surface area contributed by atoms with E-state index < -0.39 is 0 Å². The molecule has 5 nitrogen and oxygen atoms in total. The maximum Gasteiger partial charge on any atom is 0.314 e. The predicted octanol–water partition coefficient (Wildman–Crippen LogP) is 2.84. The second-order valence-electron chi connectivity index (χ2n) is 6.09. The van der Waals surface area contributed by atoms with Crippen molar-refractivity contribution >= 4 is 6.03 Å².